The van der Waals surface area contributed by atoms with Crippen LogP contribution in [0.2, 0.25) is 5.28 Å². The summed E-state index contributed by atoms with van der Waals surface area (Å²) in [6, 6.07) is 6.48. The first-order chi connectivity index (χ1) is 9.15. The van der Waals surface area contributed by atoms with Crippen LogP contribution >= 0.6 is 22.9 Å². The molecule has 0 unspecified atom stereocenters. The predicted octanol–water partition coefficient (Wildman–Crippen LogP) is 3.92. The van der Waals surface area contributed by atoms with Gasteiger partial charge in [0.05, 0.1) is 4.92 Å². The minimum atomic E-state index is -0.411. The largest absolute Gasteiger partial charge is 0.270 e. The van der Waals surface area contributed by atoms with Gasteiger partial charge in [-0.2, -0.15) is 0 Å². The molecule has 0 aliphatic carbocycles. The lowest BCUT2D eigenvalue weighted by Crippen LogP contribution is -1.88. The minimum absolute atomic E-state index is 0.0618. The molecule has 2 aromatic heterocycles. The Balaban J connectivity index is 2.19. The van der Waals surface area contributed by atoms with Crippen LogP contribution < -0.4 is 0 Å². The highest BCUT2D eigenvalue weighted by Crippen LogP contribution is 2.34. The first-order valence-electron chi connectivity index (χ1n) is 5.30. The van der Waals surface area contributed by atoms with Crippen LogP contribution in [0, 0.1) is 10.1 Å². The molecule has 0 saturated carbocycles. The number of halogens is 1. The second-order valence-electron chi connectivity index (χ2n) is 3.81. The van der Waals surface area contributed by atoms with Gasteiger partial charge in [0.25, 0.3) is 5.69 Å². The summed E-state index contributed by atoms with van der Waals surface area (Å²) in [5.41, 5.74) is 1.71. The first-order valence-corrected chi connectivity index (χ1v) is 6.55. The predicted molar refractivity (Wildman–Crippen MR) is 74.5 cm³/mol. The Bertz CT molecular complexity index is 787. The van der Waals surface area contributed by atoms with E-state index in [0.29, 0.717) is 0 Å². The van der Waals surface area contributed by atoms with Crippen molar-refractivity contribution in [2.45, 2.75) is 0 Å². The number of fused-ring (bicyclic) bond motifs is 1. The Morgan fingerprint density at radius 3 is 3.00 bits per heavy atom. The standard InChI is InChI=1S/C12H6ClN3O2S/c13-12-14-5-9-10(6-19-11(9)15-12)7-2-1-3-8(4-7)16(17)18/h1-6H. The van der Waals surface area contributed by atoms with Crippen molar-refractivity contribution in [1.82, 2.24) is 9.97 Å². The van der Waals surface area contributed by atoms with Gasteiger partial charge in [-0.25, -0.2) is 9.97 Å². The van der Waals surface area contributed by atoms with E-state index in [4.69, 9.17) is 11.6 Å². The van der Waals surface area contributed by atoms with E-state index in [1.165, 1.54) is 23.5 Å². The molecule has 0 saturated heterocycles. The highest BCUT2D eigenvalue weighted by Gasteiger charge is 2.12. The molecular formula is C12H6ClN3O2S. The van der Waals surface area contributed by atoms with Crippen molar-refractivity contribution in [3.63, 3.8) is 0 Å². The van der Waals surface area contributed by atoms with Crippen molar-refractivity contribution in [2.75, 3.05) is 0 Å². The third-order valence-corrected chi connectivity index (χ3v) is 3.74. The van der Waals surface area contributed by atoms with Crippen molar-refractivity contribution in [3.05, 3.63) is 51.2 Å². The maximum Gasteiger partial charge on any atom is 0.270 e. The van der Waals surface area contributed by atoms with Gasteiger partial charge in [-0.05, 0) is 17.2 Å². The van der Waals surface area contributed by atoms with Gasteiger partial charge in [0.15, 0.2) is 0 Å². The molecule has 19 heavy (non-hydrogen) atoms. The second kappa shape index (κ2) is 4.56. The van der Waals surface area contributed by atoms with E-state index in [9.17, 15) is 10.1 Å². The molecule has 0 atom stereocenters. The zero-order valence-electron chi connectivity index (χ0n) is 9.41. The average molecular weight is 292 g/mol. The lowest BCUT2D eigenvalue weighted by atomic mass is 10.1. The molecule has 0 fully saturated rings. The first kappa shape index (κ1) is 12.0. The highest BCUT2D eigenvalue weighted by atomic mass is 35.5. The van der Waals surface area contributed by atoms with Crippen LogP contribution in [0.3, 0.4) is 0 Å². The van der Waals surface area contributed by atoms with Gasteiger partial charge in [0.1, 0.15) is 4.83 Å². The van der Waals surface area contributed by atoms with Crippen molar-refractivity contribution in [2.24, 2.45) is 0 Å². The number of rotatable bonds is 2. The quantitative estimate of drug-likeness (QED) is 0.408. The lowest BCUT2D eigenvalue weighted by molar-refractivity contribution is -0.384. The Morgan fingerprint density at radius 2 is 2.21 bits per heavy atom. The fourth-order valence-electron chi connectivity index (χ4n) is 1.81. The van der Waals surface area contributed by atoms with Crippen LogP contribution in [0.4, 0.5) is 5.69 Å². The van der Waals surface area contributed by atoms with Gasteiger partial charge < -0.3 is 0 Å². The van der Waals surface area contributed by atoms with E-state index in [0.717, 1.165) is 21.3 Å². The number of nitrogens with zero attached hydrogens (tertiary/aromatic N) is 3. The smallest absolute Gasteiger partial charge is 0.258 e. The van der Waals surface area contributed by atoms with Crippen LogP contribution in [0.5, 0.6) is 0 Å². The van der Waals surface area contributed by atoms with E-state index < -0.39 is 4.92 Å². The fourth-order valence-corrected chi connectivity index (χ4v) is 2.91. The number of hydrogen-bond acceptors (Lipinski definition) is 5. The van der Waals surface area contributed by atoms with E-state index in [-0.39, 0.29) is 11.0 Å². The maximum atomic E-state index is 10.8. The van der Waals surface area contributed by atoms with Gasteiger partial charge in [-0.1, -0.05) is 12.1 Å². The number of nitro groups is 1. The van der Waals surface area contributed by atoms with Crippen molar-refractivity contribution in [3.8, 4) is 11.1 Å². The summed E-state index contributed by atoms with van der Waals surface area (Å²) in [5, 5.41) is 13.7. The molecule has 0 radical (unpaired) electrons. The molecule has 0 N–H and O–H groups in total. The molecule has 0 spiro atoms. The molecule has 94 valence electrons. The van der Waals surface area contributed by atoms with Crippen LogP contribution in [0.1, 0.15) is 0 Å². The van der Waals surface area contributed by atoms with Crippen LogP contribution in [0.15, 0.2) is 35.8 Å². The summed E-state index contributed by atoms with van der Waals surface area (Å²) in [7, 11) is 0. The summed E-state index contributed by atoms with van der Waals surface area (Å²) in [6.07, 6.45) is 1.63. The zero-order chi connectivity index (χ0) is 13.4. The number of hydrogen-bond donors (Lipinski definition) is 0. The van der Waals surface area contributed by atoms with Crippen LogP contribution in [-0.4, -0.2) is 14.9 Å². The SMILES string of the molecule is O=[N+]([O-])c1cccc(-c2csc3nc(Cl)ncc23)c1. The number of thiophene rings is 1. The Morgan fingerprint density at radius 1 is 1.37 bits per heavy atom. The topological polar surface area (TPSA) is 68.9 Å². The third kappa shape index (κ3) is 2.16. The molecule has 2 heterocycles. The van der Waals surface area contributed by atoms with Gasteiger partial charge in [-0.15, -0.1) is 11.3 Å². The summed E-state index contributed by atoms with van der Waals surface area (Å²) in [5.74, 6) is 0. The normalized spacial score (nSPS) is 10.8. The monoisotopic (exact) mass is 291 g/mol. The molecule has 0 aliphatic rings. The van der Waals surface area contributed by atoms with Gasteiger partial charge in [0, 0.05) is 34.7 Å². The van der Waals surface area contributed by atoms with Gasteiger partial charge in [-0.3, -0.25) is 10.1 Å². The summed E-state index contributed by atoms with van der Waals surface area (Å²) < 4.78 is 0. The summed E-state index contributed by atoms with van der Waals surface area (Å²) in [4.78, 5) is 19.2. The number of non-ortho nitro benzene ring substituents is 1. The van der Waals surface area contributed by atoms with Gasteiger partial charge >= 0.3 is 0 Å². The fraction of sp³-hybridized carbons (Fsp3) is 0. The van der Waals surface area contributed by atoms with Crippen molar-refractivity contribution < 1.29 is 4.92 Å². The van der Waals surface area contributed by atoms with Crippen molar-refractivity contribution >= 4 is 38.8 Å². The molecule has 3 aromatic rings. The number of nitro benzene ring substituents is 1. The van der Waals surface area contributed by atoms with E-state index in [1.807, 2.05) is 11.4 Å². The van der Waals surface area contributed by atoms with E-state index >= 15 is 0 Å². The Hall–Kier alpha value is -2.05. The lowest BCUT2D eigenvalue weighted by Gasteiger charge is -1.99. The molecule has 7 heteroatoms. The molecule has 5 nitrogen and oxygen atoms in total. The van der Waals surface area contributed by atoms with Crippen molar-refractivity contribution in [1.29, 1.82) is 0 Å². The number of benzene rings is 1. The van der Waals surface area contributed by atoms with Crippen LogP contribution in [-0.2, 0) is 0 Å². The highest BCUT2D eigenvalue weighted by molar-refractivity contribution is 7.17. The molecule has 0 amide bonds. The van der Waals surface area contributed by atoms with Crippen LogP contribution in [0.25, 0.3) is 21.3 Å². The average Bonchev–Trinajstić information content (AvgIpc) is 2.81. The Labute approximate surface area is 116 Å². The maximum absolute atomic E-state index is 10.8. The molecule has 0 bridgehead atoms. The minimum Gasteiger partial charge on any atom is -0.258 e. The third-order valence-electron chi connectivity index (χ3n) is 2.67. The van der Waals surface area contributed by atoms with E-state index in [1.54, 1.807) is 12.3 Å². The second-order valence-corrected chi connectivity index (χ2v) is 5.01. The molecule has 3 rings (SSSR count). The summed E-state index contributed by atoms with van der Waals surface area (Å²) >= 11 is 7.17. The molecule has 0 aliphatic heterocycles. The van der Waals surface area contributed by atoms with E-state index in [2.05, 4.69) is 9.97 Å². The zero-order valence-corrected chi connectivity index (χ0v) is 11.0. The molecule has 1 aromatic carbocycles. The molecular weight excluding hydrogens is 286 g/mol. The summed E-state index contributed by atoms with van der Waals surface area (Å²) in [6.45, 7) is 0. The van der Waals surface area contributed by atoms with Gasteiger partial charge in [0.2, 0.25) is 5.28 Å². The number of aromatic nitrogens is 2. The Kier molecular flexibility index (Phi) is 2.88.